The molecule has 3 nitrogen and oxygen atoms in total. The lowest BCUT2D eigenvalue weighted by atomic mass is 10.0. The molecule has 3 heteroatoms. The molecular formula is C21H18O3. The lowest BCUT2D eigenvalue weighted by molar-refractivity contribution is 0.0696. The van der Waals surface area contributed by atoms with Crippen LogP contribution < -0.4 is 0 Å². The summed E-state index contributed by atoms with van der Waals surface area (Å²) in [4.78, 5) is 22.0. The minimum absolute atomic E-state index is 0.168. The van der Waals surface area contributed by atoms with Gasteiger partial charge in [-0.3, -0.25) is 4.79 Å². The van der Waals surface area contributed by atoms with Crippen LogP contribution in [-0.4, -0.2) is 16.9 Å². The molecule has 0 heterocycles. The van der Waals surface area contributed by atoms with E-state index in [4.69, 9.17) is 5.11 Å². The van der Waals surface area contributed by atoms with Gasteiger partial charge in [0.25, 0.3) is 0 Å². The van der Waals surface area contributed by atoms with Crippen LogP contribution in [0.2, 0.25) is 0 Å². The molecule has 24 heavy (non-hydrogen) atoms. The Morgan fingerprint density at radius 3 is 1.46 bits per heavy atom. The van der Waals surface area contributed by atoms with Crippen LogP contribution in [0.5, 0.6) is 0 Å². The van der Waals surface area contributed by atoms with Gasteiger partial charge in [-0.2, -0.15) is 0 Å². The highest BCUT2D eigenvalue weighted by Gasteiger charge is 2.05. The van der Waals surface area contributed by atoms with Gasteiger partial charge in [-0.15, -0.1) is 0 Å². The molecule has 0 radical (unpaired) electrons. The summed E-state index contributed by atoms with van der Waals surface area (Å²) in [6.45, 7) is 0. The lowest BCUT2D eigenvalue weighted by Crippen LogP contribution is -2.02. The van der Waals surface area contributed by atoms with Gasteiger partial charge in [0, 0.05) is 12.0 Å². The van der Waals surface area contributed by atoms with Crippen molar-refractivity contribution in [3.63, 3.8) is 0 Å². The van der Waals surface area contributed by atoms with Crippen molar-refractivity contribution in [2.75, 3.05) is 0 Å². The molecular weight excluding hydrogens is 300 g/mol. The number of hydrogen-bond donors (Lipinski definition) is 1. The number of hydrogen-bond acceptors (Lipinski definition) is 2. The number of carboxylic acids is 1. The SMILES string of the molecule is O=C(Cc1ccccc1)c1ccccc1.O=C(O)c1ccccc1. The second-order valence-electron chi connectivity index (χ2n) is 5.12. The summed E-state index contributed by atoms with van der Waals surface area (Å²) in [7, 11) is 0. The molecule has 3 aromatic rings. The zero-order chi connectivity index (χ0) is 17.2. The van der Waals surface area contributed by atoms with Gasteiger partial charge in [-0.1, -0.05) is 78.9 Å². The predicted molar refractivity (Wildman–Crippen MR) is 94.3 cm³/mol. The maximum absolute atomic E-state index is 11.8. The zero-order valence-electron chi connectivity index (χ0n) is 13.1. The molecule has 0 unspecified atom stereocenters. The van der Waals surface area contributed by atoms with Gasteiger partial charge in [-0.25, -0.2) is 4.79 Å². The summed E-state index contributed by atoms with van der Waals surface area (Å²) < 4.78 is 0. The van der Waals surface area contributed by atoms with Crippen LogP contribution in [0, 0.1) is 0 Å². The standard InChI is InChI=1S/C14H12O.C7H6O2/c15-14(13-9-5-2-6-10-13)11-12-7-3-1-4-8-12;8-7(9)6-4-2-1-3-5-6/h1-10H,11H2;1-5H,(H,8,9). The van der Waals surface area contributed by atoms with Crippen molar-refractivity contribution in [3.8, 4) is 0 Å². The van der Waals surface area contributed by atoms with Crippen molar-refractivity contribution in [3.05, 3.63) is 108 Å². The van der Waals surface area contributed by atoms with E-state index in [9.17, 15) is 9.59 Å². The average molecular weight is 318 g/mol. The summed E-state index contributed by atoms with van der Waals surface area (Å²) in [5.74, 6) is -0.711. The highest BCUT2D eigenvalue weighted by atomic mass is 16.4. The van der Waals surface area contributed by atoms with Gasteiger partial charge < -0.3 is 5.11 Å². The molecule has 0 aliphatic rings. The fourth-order valence-electron chi connectivity index (χ4n) is 2.09. The van der Waals surface area contributed by atoms with Crippen LogP contribution in [0.1, 0.15) is 26.3 Å². The van der Waals surface area contributed by atoms with E-state index in [1.807, 2.05) is 60.7 Å². The van der Waals surface area contributed by atoms with Gasteiger partial charge in [-0.05, 0) is 17.7 Å². The average Bonchev–Trinajstić information content (AvgIpc) is 2.64. The number of carbonyl (C=O) groups is 2. The maximum atomic E-state index is 11.8. The van der Waals surface area contributed by atoms with Gasteiger partial charge in [0.05, 0.1) is 5.56 Å². The first-order valence-electron chi connectivity index (χ1n) is 7.57. The summed E-state index contributed by atoms with van der Waals surface area (Å²) in [5, 5.41) is 8.38. The molecule has 0 bridgehead atoms. The molecule has 0 fully saturated rings. The highest BCUT2D eigenvalue weighted by Crippen LogP contribution is 2.06. The first kappa shape index (κ1) is 17.2. The van der Waals surface area contributed by atoms with Crippen LogP contribution in [0.15, 0.2) is 91.0 Å². The van der Waals surface area contributed by atoms with Gasteiger partial charge >= 0.3 is 5.97 Å². The van der Waals surface area contributed by atoms with Crippen LogP contribution in [0.25, 0.3) is 0 Å². The number of aromatic carboxylic acids is 1. The van der Waals surface area contributed by atoms with Crippen molar-refractivity contribution in [2.24, 2.45) is 0 Å². The number of benzene rings is 3. The molecule has 120 valence electrons. The minimum atomic E-state index is -0.879. The Hall–Kier alpha value is -3.20. The summed E-state index contributed by atoms with van der Waals surface area (Å²) in [5.41, 5.74) is 2.17. The summed E-state index contributed by atoms with van der Waals surface area (Å²) >= 11 is 0. The molecule has 0 aromatic heterocycles. The van der Waals surface area contributed by atoms with E-state index in [1.54, 1.807) is 30.3 Å². The van der Waals surface area contributed by atoms with E-state index in [-0.39, 0.29) is 5.78 Å². The second-order valence-corrected chi connectivity index (χ2v) is 5.12. The fourth-order valence-corrected chi connectivity index (χ4v) is 2.09. The normalized spacial score (nSPS) is 9.50. The third-order valence-electron chi connectivity index (χ3n) is 3.32. The molecule has 0 amide bonds. The van der Waals surface area contributed by atoms with E-state index in [2.05, 4.69) is 0 Å². The lowest BCUT2D eigenvalue weighted by Gasteiger charge is -2.00. The van der Waals surface area contributed by atoms with E-state index in [0.717, 1.165) is 11.1 Å². The van der Waals surface area contributed by atoms with Gasteiger partial charge in [0.15, 0.2) is 5.78 Å². The molecule has 0 saturated heterocycles. The quantitative estimate of drug-likeness (QED) is 0.721. The maximum Gasteiger partial charge on any atom is 0.335 e. The van der Waals surface area contributed by atoms with Crippen LogP contribution in [0.4, 0.5) is 0 Å². The van der Waals surface area contributed by atoms with E-state index < -0.39 is 5.97 Å². The number of Topliss-reactive ketones (excluding diaryl/α,β-unsaturated/α-hetero) is 1. The predicted octanol–water partition coefficient (Wildman–Crippen LogP) is 4.50. The molecule has 0 saturated carbocycles. The van der Waals surface area contributed by atoms with Gasteiger partial charge in [0.2, 0.25) is 0 Å². The fraction of sp³-hybridized carbons (Fsp3) is 0.0476. The largest absolute Gasteiger partial charge is 0.478 e. The number of ketones is 1. The number of rotatable bonds is 4. The van der Waals surface area contributed by atoms with Crippen molar-refractivity contribution >= 4 is 11.8 Å². The highest BCUT2D eigenvalue weighted by molar-refractivity contribution is 5.97. The van der Waals surface area contributed by atoms with Crippen molar-refractivity contribution in [1.29, 1.82) is 0 Å². The molecule has 0 aliphatic carbocycles. The summed E-state index contributed by atoms with van der Waals surface area (Å²) in [6, 6.07) is 27.5. The molecule has 3 rings (SSSR count). The minimum Gasteiger partial charge on any atom is -0.478 e. The Kier molecular flexibility index (Phi) is 6.47. The monoisotopic (exact) mass is 318 g/mol. The molecule has 3 aromatic carbocycles. The Balaban J connectivity index is 0.000000198. The van der Waals surface area contributed by atoms with E-state index >= 15 is 0 Å². The molecule has 0 spiro atoms. The number of carbonyl (C=O) groups excluding carboxylic acids is 1. The zero-order valence-corrected chi connectivity index (χ0v) is 13.1. The summed E-state index contributed by atoms with van der Waals surface area (Å²) in [6.07, 6.45) is 0.477. The molecule has 0 atom stereocenters. The van der Waals surface area contributed by atoms with Crippen molar-refractivity contribution in [1.82, 2.24) is 0 Å². The Morgan fingerprint density at radius 1 is 0.625 bits per heavy atom. The Morgan fingerprint density at radius 2 is 1.04 bits per heavy atom. The smallest absolute Gasteiger partial charge is 0.335 e. The van der Waals surface area contributed by atoms with Crippen LogP contribution >= 0.6 is 0 Å². The number of carboxylic acid groups (broad SMARTS) is 1. The van der Waals surface area contributed by atoms with E-state index in [1.165, 1.54) is 0 Å². The Bertz CT molecular complexity index is 766. The van der Waals surface area contributed by atoms with Gasteiger partial charge in [0.1, 0.15) is 0 Å². The van der Waals surface area contributed by atoms with Crippen molar-refractivity contribution in [2.45, 2.75) is 6.42 Å². The van der Waals surface area contributed by atoms with Crippen LogP contribution in [-0.2, 0) is 6.42 Å². The molecule has 0 aliphatic heterocycles. The first-order valence-corrected chi connectivity index (χ1v) is 7.57. The molecule has 1 N–H and O–H groups in total. The Labute approximate surface area is 141 Å². The second kappa shape index (κ2) is 9.06. The topological polar surface area (TPSA) is 54.4 Å². The van der Waals surface area contributed by atoms with E-state index in [0.29, 0.717) is 12.0 Å². The third kappa shape index (κ3) is 5.54. The van der Waals surface area contributed by atoms with Crippen molar-refractivity contribution < 1.29 is 14.7 Å². The van der Waals surface area contributed by atoms with Crippen LogP contribution in [0.3, 0.4) is 0 Å². The third-order valence-corrected chi connectivity index (χ3v) is 3.32. The first-order chi connectivity index (χ1) is 11.7.